The topological polar surface area (TPSA) is 99.6 Å². The van der Waals surface area contributed by atoms with E-state index in [0.29, 0.717) is 12.5 Å². The molecule has 1 aromatic heterocycles. The van der Waals surface area contributed by atoms with Crippen molar-refractivity contribution in [2.24, 2.45) is 5.92 Å². The maximum absolute atomic E-state index is 11.8. The first-order valence-corrected chi connectivity index (χ1v) is 11.2. The van der Waals surface area contributed by atoms with Gasteiger partial charge in [-0.25, -0.2) is 18.2 Å². The van der Waals surface area contributed by atoms with E-state index < -0.39 is 15.9 Å². The van der Waals surface area contributed by atoms with E-state index in [2.05, 4.69) is 10.2 Å². The van der Waals surface area contributed by atoms with Crippen molar-refractivity contribution in [1.82, 2.24) is 10.3 Å². The van der Waals surface area contributed by atoms with Gasteiger partial charge in [0.2, 0.25) is 0 Å². The lowest BCUT2D eigenvalue weighted by molar-refractivity contribution is 0.193. The standard InChI is InChI=1S/C20H25N3O4S/c1-28(26,27)17-5-2-4-16(14-17)18-6-3-7-19(22-18)23-12-9-15(10-13-23)8-11-21-20(24)25/h2-7,14-15,21H,8-13H2,1H3,(H,24,25). The molecule has 8 heteroatoms. The lowest BCUT2D eigenvalue weighted by Gasteiger charge is -2.33. The van der Waals surface area contributed by atoms with Crippen LogP contribution < -0.4 is 10.2 Å². The Hall–Kier alpha value is -2.61. The molecule has 7 nitrogen and oxygen atoms in total. The Bertz CT molecular complexity index is 938. The molecule has 0 atom stereocenters. The molecule has 0 aliphatic carbocycles. The molecule has 0 unspecified atom stereocenters. The Balaban J connectivity index is 1.67. The van der Waals surface area contributed by atoms with Crippen LogP contribution in [0, 0.1) is 5.92 Å². The number of aromatic nitrogens is 1. The minimum Gasteiger partial charge on any atom is -0.465 e. The highest BCUT2D eigenvalue weighted by Crippen LogP contribution is 2.27. The SMILES string of the molecule is CS(=O)(=O)c1cccc(-c2cccc(N3CCC(CCNC(=O)O)CC3)n2)c1. The van der Waals surface area contributed by atoms with E-state index in [1.54, 1.807) is 18.2 Å². The molecule has 0 radical (unpaired) electrons. The molecule has 2 aromatic rings. The van der Waals surface area contributed by atoms with Crippen LogP contribution in [0.2, 0.25) is 0 Å². The third kappa shape index (κ3) is 5.22. The van der Waals surface area contributed by atoms with Crippen molar-refractivity contribution in [2.75, 3.05) is 30.8 Å². The summed E-state index contributed by atoms with van der Waals surface area (Å²) in [4.78, 5) is 17.8. The van der Waals surface area contributed by atoms with Crippen LogP contribution in [-0.4, -0.2) is 50.5 Å². The molecule has 0 bridgehead atoms. The van der Waals surface area contributed by atoms with Gasteiger partial charge in [0.1, 0.15) is 5.82 Å². The minimum atomic E-state index is -3.26. The van der Waals surface area contributed by atoms with Gasteiger partial charge in [0, 0.05) is 31.5 Å². The zero-order valence-electron chi connectivity index (χ0n) is 15.8. The normalized spacial score (nSPS) is 15.4. The number of sulfone groups is 1. The van der Waals surface area contributed by atoms with Crippen molar-refractivity contribution >= 4 is 21.7 Å². The molecule has 2 heterocycles. The predicted octanol–water partition coefficient (Wildman–Crippen LogP) is 3.03. The van der Waals surface area contributed by atoms with Crippen molar-refractivity contribution in [3.63, 3.8) is 0 Å². The summed E-state index contributed by atoms with van der Waals surface area (Å²) in [5, 5.41) is 11.1. The van der Waals surface area contributed by atoms with Crippen molar-refractivity contribution in [3.05, 3.63) is 42.5 Å². The first-order valence-electron chi connectivity index (χ1n) is 9.32. The van der Waals surface area contributed by atoms with Gasteiger partial charge in [-0.05, 0) is 49.4 Å². The van der Waals surface area contributed by atoms with Crippen LogP contribution in [0.15, 0.2) is 47.4 Å². The number of benzene rings is 1. The van der Waals surface area contributed by atoms with E-state index in [1.165, 1.54) is 6.26 Å². The third-order valence-electron chi connectivity index (χ3n) is 5.06. The fourth-order valence-corrected chi connectivity index (χ4v) is 4.15. The van der Waals surface area contributed by atoms with E-state index >= 15 is 0 Å². The second kappa shape index (κ2) is 8.60. The van der Waals surface area contributed by atoms with Gasteiger partial charge in [-0.2, -0.15) is 0 Å². The quantitative estimate of drug-likeness (QED) is 0.769. The number of piperidine rings is 1. The lowest BCUT2D eigenvalue weighted by Crippen LogP contribution is -2.35. The number of pyridine rings is 1. The maximum Gasteiger partial charge on any atom is 0.404 e. The summed E-state index contributed by atoms with van der Waals surface area (Å²) >= 11 is 0. The largest absolute Gasteiger partial charge is 0.465 e. The number of carbonyl (C=O) groups is 1. The van der Waals surface area contributed by atoms with Crippen molar-refractivity contribution in [2.45, 2.75) is 24.2 Å². The number of anilines is 1. The average molecular weight is 404 g/mol. The number of carboxylic acid groups (broad SMARTS) is 1. The number of nitrogens with zero attached hydrogens (tertiary/aromatic N) is 2. The first-order chi connectivity index (χ1) is 13.3. The molecule has 2 N–H and O–H groups in total. The van der Waals surface area contributed by atoms with Crippen LogP contribution >= 0.6 is 0 Å². The summed E-state index contributed by atoms with van der Waals surface area (Å²) in [6, 6.07) is 12.6. The van der Waals surface area contributed by atoms with Gasteiger partial charge in [-0.15, -0.1) is 0 Å². The molecule has 1 fully saturated rings. The van der Waals surface area contributed by atoms with E-state index in [1.807, 2.05) is 24.3 Å². The number of hydrogen-bond acceptors (Lipinski definition) is 5. The Morgan fingerprint density at radius 3 is 2.61 bits per heavy atom. The molecule has 1 saturated heterocycles. The van der Waals surface area contributed by atoms with Gasteiger partial charge in [-0.1, -0.05) is 18.2 Å². The summed E-state index contributed by atoms with van der Waals surface area (Å²) in [5.41, 5.74) is 1.52. The van der Waals surface area contributed by atoms with Gasteiger partial charge >= 0.3 is 6.09 Å². The van der Waals surface area contributed by atoms with Crippen LogP contribution in [0.1, 0.15) is 19.3 Å². The molecular formula is C20H25N3O4S. The fourth-order valence-electron chi connectivity index (χ4n) is 3.48. The summed E-state index contributed by atoms with van der Waals surface area (Å²) < 4.78 is 23.6. The molecular weight excluding hydrogens is 378 g/mol. The number of hydrogen-bond donors (Lipinski definition) is 2. The van der Waals surface area contributed by atoms with E-state index in [-0.39, 0.29) is 4.90 Å². The van der Waals surface area contributed by atoms with Gasteiger partial charge in [0.25, 0.3) is 0 Å². The van der Waals surface area contributed by atoms with Crippen molar-refractivity contribution in [1.29, 1.82) is 0 Å². The maximum atomic E-state index is 11.8. The summed E-state index contributed by atoms with van der Waals surface area (Å²) in [6.07, 6.45) is 3.07. The van der Waals surface area contributed by atoms with Crippen LogP contribution in [0.4, 0.5) is 10.6 Å². The second-order valence-electron chi connectivity index (χ2n) is 7.13. The molecule has 0 saturated carbocycles. The highest BCUT2D eigenvalue weighted by atomic mass is 32.2. The molecule has 28 heavy (non-hydrogen) atoms. The summed E-state index contributed by atoms with van der Waals surface area (Å²) in [7, 11) is -3.26. The van der Waals surface area contributed by atoms with Gasteiger partial charge in [0.05, 0.1) is 10.6 Å². The van der Waals surface area contributed by atoms with Crippen LogP contribution in [0.3, 0.4) is 0 Å². The highest BCUT2D eigenvalue weighted by molar-refractivity contribution is 7.90. The lowest BCUT2D eigenvalue weighted by atomic mass is 9.93. The Labute approximate surface area is 165 Å². The Morgan fingerprint density at radius 2 is 1.93 bits per heavy atom. The number of amides is 1. The molecule has 1 aliphatic rings. The smallest absolute Gasteiger partial charge is 0.404 e. The average Bonchev–Trinajstić information content (AvgIpc) is 2.68. The first kappa shape index (κ1) is 20.1. The zero-order chi connectivity index (χ0) is 20.1. The Kier molecular flexibility index (Phi) is 6.18. The van der Waals surface area contributed by atoms with Crippen molar-refractivity contribution in [3.8, 4) is 11.3 Å². The Morgan fingerprint density at radius 1 is 1.21 bits per heavy atom. The second-order valence-corrected chi connectivity index (χ2v) is 9.15. The summed E-state index contributed by atoms with van der Waals surface area (Å²) in [5.74, 6) is 1.39. The monoisotopic (exact) mass is 403 g/mol. The molecule has 1 amide bonds. The van der Waals surface area contributed by atoms with E-state index in [4.69, 9.17) is 10.1 Å². The molecule has 1 aliphatic heterocycles. The van der Waals surface area contributed by atoms with Gasteiger partial charge in [-0.3, -0.25) is 0 Å². The number of rotatable bonds is 6. The zero-order valence-corrected chi connectivity index (χ0v) is 16.7. The fraction of sp³-hybridized carbons (Fsp3) is 0.400. The highest BCUT2D eigenvalue weighted by Gasteiger charge is 2.20. The van der Waals surface area contributed by atoms with E-state index in [9.17, 15) is 13.2 Å². The van der Waals surface area contributed by atoms with Crippen LogP contribution in [-0.2, 0) is 9.84 Å². The van der Waals surface area contributed by atoms with Crippen LogP contribution in [0.5, 0.6) is 0 Å². The molecule has 0 spiro atoms. The number of nitrogens with one attached hydrogen (secondary N) is 1. The van der Waals surface area contributed by atoms with Gasteiger partial charge in [0.15, 0.2) is 9.84 Å². The summed E-state index contributed by atoms with van der Waals surface area (Å²) in [6.45, 7) is 2.24. The molecule has 150 valence electrons. The van der Waals surface area contributed by atoms with Gasteiger partial charge < -0.3 is 15.3 Å². The molecule has 3 rings (SSSR count). The van der Waals surface area contributed by atoms with Crippen LogP contribution in [0.25, 0.3) is 11.3 Å². The minimum absolute atomic E-state index is 0.285. The molecule has 1 aromatic carbocycles. The van der Waals surface area contributed by atoms with Crippen molar-refractivity contribution < 1.29 is 18.3 Å². The predicted molar refractivity (Wildman–Crippen MR) is 108 cm³/mol. The van der Waals surface area contributed by atoms with E-state index in [0.717, 1.165) is 49.4 Å². The third-order valence-corrected chi connectivity index (χ3v) is 6.17.